The molecule has 1 unspecified atom stereocenters. The fourth-order valence-electron chi connectivity index (χ4n) is 4.39. The molecule has 3 amide bonds. The number of nitrogens with one attached hydrogen (secondary N) is 1. The summed E-state index contributed by atoms with van der Waals surface area (Å²) in [6, 6.07) is 9.43. The Morgan fingerprint density at radius 3 is 2.57 bits per heavy atom. The summed E-state index contributed by atoms with van der Waals surface area (Å²) in [5, 5.41) is 6.90. The van der Waals surface area contributed by atoms with Gasteiger partial charge in [0.05, 0.1) is 0 Å². The Kier molecular flexibility index (Phi) is 6.30. The van der Waals surface area contributed by atoms with Gasteiger partial charge in [0, 0.05) is 32.1 Å². The molecule has 0 radical (unpaired) electrons. The van der Waals surface area contributed by atoms with E-state index in [1.165, 1.54) is 0 Å². The smallest absolute Gasteiger partial charge is 0.317 e. The summed E-state index contributed by atoms with van der Waals surface area (Å²) in [4.78, 5) is 34.0. The lowest BCUT2D eigenvalue weighted by atomic mass is 10.0. The first kappa shape index (κ1) is 20.4. The number of benzene rings is 1. The van der Waals surface area contributed by atoms with Crippen molar-refractivity contribution in [3.05, 3.63) is 47.6 Å². The highest BCUT2D eigenvalue weighted by Gasteiger charge is 2.37. The number of hydrogen-bond donors (Lipinski definition) is 1. The highest BCUT2D eigenvalue weighted by atomic mass is 16.5. The molecule has 2 fully saturated rings. The molecule has 2 aliphatic rings. The number of rotatable bonds is 4. The van der Waals surface area contributed by atoms with Crippen LogP contribution in [0.15, 0.2) is 34.9 Å². The van der Waals surface area contributed by atoms with Crippen LogP contribution in [0.5, 0.6) is 0 Å². The molecule has 2 heterocycles. The van der Waals surface area contributed by atoms with Crippen LogP contribution >= 0.6 is 0 Å². The van der Waals surface area contributed by atoms with Crippen LogP contribution in [0.3, 0.4) is 0 Å². The monoisotopic (exact) mass is 411 g/mol. The topological polar surface area (TPSA) is 91.6 Å². The predicted molar refractivity (Wildman–Crippen MR) is 110 cm³/mol. The molecule has 160 valence electrons. The molecular formula is C22H29N5O3. The van der Waals surface area contributed by atoms with Gasteiger partial charge in [-0.1, -0.05) is 48.3 Å². The van der Waals surface area contributed by atoms with Gasteiger partial charge < -0.3 is 19.6 Å². The molecule has 1 aliphatic heterocycles. The fourth-order valence-corrected chi connectivity index (χ4v) is 4.39. The predicted octanol–water partition coefficient (Wildman–Crippen LogP) is 3.05. The number of aryl methyl sites for hydroxylation is 1. The number of amides is 3. The van der Waals surface area contributed by atoms with E-state index in [2.05, 4.69) is 15.5 Å². The minimum atomic E-state index is -0.286. The maximum atomic E-state index is 13.2. The Hall–Kier alpha value is -2.90. The van der Waals surface area contributed by atoms with Crippen LogP contribution in [0.25, 0.3) is 0 Å². The third-order valence-corrected chi connectivity index (χ3v) is 6.05. The summed E-state index contributed by atoms with van der Waals surface area (Å²) in [6.07, 6.45) is 4.66. The normalized spacial score (nSPS) is 20.2. The largest absolute Gasteiger partial charge is 0.337 e. The van der Waals surface area contributed by atoms with Crippen molar-refractivity contribution in [2.24, 2.45) is 5.92 Å². The van der Waals surface area contributed by atoms with Crippen molar-refractivity contribution in [3.63, 3.8) is 0 Å². The summed E-state index contributed by atoms with van der Waals surface area (Å²) in [6.45, 7) is 3.74. The lowest BCUT2D eigenvalue weighted by molar-refractivity contribution is -0.138. The zero-order chi connectivity index (χ0) is 20.9. The molecular weight excluding hydrogens is 382 g/mol. The van der Waals surface area contributed by atoms with E-state index in [1.54, 1.807) is 11.8 Å². The van der Waals surface area contributed by atoms with Crippen LogP contribution in [-0.2, 0) is 11.3 Å². The lowest BCUT2D eigenvalue weighted by Crippen LogP contribution is -2.43. The average Bonchev–Trinajstić information content (AvgIpc) is 3.40. The molecule has 1 atom stereocenters. The fraction of sp³-hybridized carbons (Fsp3) is 0.545. The van der Waals surface area contributed by atoms with Crippen molar-refractivity contribution in [1.82, 2.24) is 25.3 Å². The summed E-state index contributed by atoms with van der Waals surface area (Å²) in [5.41, 5.74) is 1.05. The maximum absolute atomic E-state index is 13.2. The molecule has 4 rings (SSSR count). The van der Waals surface area contributed by atoms with E-state index in [1.807, 2.05) is 35.2 Å². The van der Waals surface area contributed by atoms with Gasteiger partial charge in [0.1, 0.15) is 6.04 Å². The van der Waals surface area contributed by atoms with Crippen LogP contribution < -0.4 is 5.32 Å². The molecule has 2 aromatic rings. The molecule has 1 N–H and O–H groups in total. The summed E-state index contributed by atoms with van der Waals surface area (Å²) in [7, 11) is 0. The third-order valence-electron chi connectivity index (χ3n) is 6.05. The zero-order valence-electron chi connectivity index (χ0n) is 17.4. The van der Waals surface area contributed by atoms with E-state index < -0.39 is 0 Å². The first-order chi connectivity index (χ1) is 14.6. The molecule has 1 saturated heterocycles. The van der Waals surface area contributed by atoms with Gasteiger partial charge in [-0.2, -0.15) is 4.98 Å². The zero-order valence-corrected chi connectivity index (χ0v) is 17.4. The number of aromatic nitrogens is 2. The maximum Gasteiger partial charge on any atom is 0.317 e. The average molecular weight is 412 g/mol. The van der Waals surface area contributed by atoms with Gasteiger partial charge in [-0.15, -0.1) is 0 Å². The van der Waals surface area contributed by atoms with Crippen LogP contribution in [0, 0.1) is 12.8 Å². The van der Waals surface area contributed by atoms with Crippen molar-refractivity contribution < 1.29 is 14.1 Å². The number of urea groups is 1. The number of carbonyl (C=O) groups is 2. The van der Waals surface area contributed by atoms with E-state index >= 15 is 0 Å². The lowest BCUT2D eigenvalue weighted by Gasteiger charge is -2.29. The third kappa shape index (κ3) is 4.63. The van der Waals surface area contributed by atoms with Crippen molar-refractivity contribution in [2.45, 2.75) is 51.6 Å². The van der Waals surface area contributed by atoms with Gasteiger partial charge in [-0.05, 0) is 31.7 Å². The Balaban J connectivity index is 1.45. The van der Waals surface area contributed by atoms with Gasteiger partial charge in [-0.25, -0.2) is 4.79 Å². The molecule has 1 aliphatic carbocycles. The summed E-state index contributed by atoms with van der Waals surface area (Å²) < 4.78 is 5.43. The second-order valence-electron chi connectivity index (χ2n) is 8.13. The molecule has 0 bridgehead atoms. The SMILES string of the molecule is Cc1noc(C2CCN(C(=O)NCc3ccccc3)CCN2C(=O)C2CCCC2)n1. The number of nitrogens with zero attached hydrogens (tertiary/aromatic N) is 4. The molecule has 1 saturated carbocycles. The highest BCUT2D eigenvalue weighted by molar-refractivity contribution is 5.80. The van der Waals surface area contributed by atoms with Gasteiger partial charge in [0.15, 0.2) is 5.82 Å². The molecule has 1 aromatic carbocycles. The standard InChI is InChI=1S/C22H29N5O3/c1-16-24-20(30-25-16)19-11-12-26(22(29)23-15-17-7-3-2-4-8-17)13-14-27(19)21(28)18-9-5-6-10-18/h2-4,7-8,18-19H,5-6,9-15H2,1H3,(H,23,29). The van der Waals surface area contributed by atoms with Gasteiger partial charge in [0.25, 0.3) is 0 Å². The molecule has 8 heteroatoms. The second kappa shape index (κ2) is 9.28. The van der Waals surface area contributed by atoms with E-state index in [0.29, 0.717) is 44.3 Å². The summed E-state index contributed by atoms with van der Waals surface area (Å²) >= 11 is 0. The Morgan fingerprint density at radius 2 is 1.87 bits per heavy atom. The van der Waals surface area contributed by atoms with E-state index in [0.717, 1.165) is 31.2 Å². The number of carbonyl (C=O) groups excluding carboxylic acids is 2. The Labute approximate surface area is 176 Å². The second-order valence-corrected chi connectivity index (χ2v) is 8.13. The minimum Gasteiger partial charge on any atom is -0.337 e. The minimum absolute atomic E-state index is 0.0648. The summed E-state index contributed by atoms with van der Waals surface area (Å²) in [5.74, 6) is 1.24. The van der Waals surface area contributed by atoms with Gasteiger partial charge in [0.2, 0.25) is 11.8 Å². The molecule has 1 aromatic heterocycles. The van der Waals surface area contributed by atoms with E-state index in [4.69, 9.17) is 4.52 Å². The van der Waals surface area contributed by atoms with E-state index in [9.17, 15) is 9.59 Å². The van der Waals surface area contributed by atoms with Crippen LogP contribution in [-0.4, -0.2) is 51.5 Å². The van der Waals surface area contributed by atoms with Gasteiger partial charge >= 0.3 is 6.03 Å². The van der Waals surface area contributed by atoms with Crippen LogP contribution in [0.4, 0.5) is 4.79 Å². The highest BCUT2D eigenvalue weighted by Crippen LogP contribution is 2.32. The van der Waals surface area contributed by atoms with Crippen molar-refractivity contribution in [2.75, 3.05) is 19.6 Å². The van der Waals surface area contributed by atoms with Crippen molar-refractivity contribution >= 4 is 11.9 Å². The number of hydrogen-bond acceptors (Lipinski definition) is 5. The van der Waals surface area contributed by atoms with Gasteiger partial charge in [-0.3, -0.25) is 4.79 Å². The van der Waals surface area contributed by atoms with Crippen LogP contribution in [0.1, 0.15) is 55.4 Å². The quantitative estimate of drug-likeness (QED) is 0.835. The van der Waals surface area contributed by atoms with Crippen LogP contribution in [0.2, 0.25) is 0 Å². The van der Waals surface area contributed by atoms with Crippen molar-refractivity contribution in [1.29, 1.82) is 0 Å². The first-order valence-corrected chi connectivity index (χ1v) is 10.8. The molecule has 8 nitrogen and oxygen atoms in total. The van der Waals surface area contributed by atoms with E-state index in [-0.39, 0.29) is 23.9 Å². The molecule has 30 heavy (non-hydrogen) atoms. The Morgan fingerprint density at radius 1 is 1.10 bits per heavy atom. The Bertz CT molecular complexity index is 863. The molecule has 0 spiro atoms. The van der Waals surface area contributed by atoms with Crippen molar-refractivity contribution in [3.8, 4) is 0 Å². The first-order valence-electron chi connectivity index (χ1n) is 10.8.